The van der Waals surface area contributed by atoms with Crippen LogP contribution in [0.1, 0.15) is 48.9 Å². The molecule has 1 N–H and O–H groups in total. The molecule has 1 aromatic rings. The standard InChI is InChI=1S/C31H44F3N5O4/c1-21(43-12-10-37-7-3-4-8-37)39-18-24-14-25(36-27-6-11-42-19-28(27)41-2)15-30(24,20-39)29(40)38-9-5-26-22(17-38)13-23(16-35-26)31(32,33)34/h13,16,24-25,27-28,36H,1,3-12,14-15,17-20H2,2H3/t24-,25+,27?,28?,30-/m0/s1. The number of carbonyl (C=O) groups is 1. The molecule has 43 heavy (non-hydrogen) atoms. The number of methoxy groups -OCH3 is 1. The first-order valence-electron chi connectivity index (χ1n) is 15.7. The zero-order valence-electron chi connectivity index (χ0n) is 25.0. The molecule has 5 aliphatic rings. The van der Waals surface area contributed by atoms with E-state index in [2.05, 4.69) is 26.7 Å². The molecule has 4 aliphatic heterocycles. The van der Waals surface area contributed by atoms with Crippen molar-refractivity contribution < 1.29 is 32.2 Å². The van der Waals surface area contributed by atoms with E-state index in [1.165, 1.54) is 12.8 Å². The Bertz CT molecular complexity index is 1180. The maximum absolute atomic E-state index is 14.5. The van der Waals surface area contributed by atoms with Gasteiger partial charge in [0.1, 0.15) is 6.61 Å². The second-order valence-corrected chi connectivity index (χ2v) is 12.9. The van der Waals surface area contributed by atoms with Crippen LogP contribution in [0.3, 0.4) is 0 Å². The number of amides is 1. The van der Waals surface area contributed by atoms with Crippen LogP contribution in [-0.2, 0) is 38.1 Å². The van der Waals surface area contributed by atoms with Crippen LogP contribution in [0.4, 0.5) is 13.2 Å². The van der Waals surface area contributed by atoms with Crippen LogP contribution in [0.5, 0.6) is 0 Å². The topological polar surface area (TPSA) is 79.4 Å². The van der Waals surface area contributed by atoms with Crippen LogP contribution >= 0.6 is 0 Å². The van der Waals surface area contributed by atoms with E-state index in [-0.39, 0.29) is 36.6 Å². The van der Waals surface area contributed by atoms with Gasteiger partial charge in [-0.1, -0.05) is 0 Å². The van der Waals surface area contributed by atoms with Crippen molar-refractivity contribution in [3.63, 3.8) is 0 Å². The Hall–Kier alpha value is -2.41. The maximum atomic E-state index is 14.5. The summed E-state index contributed by atoms with van der Waals surface area (Å²) in [4.78, 5) is 24.9. The van der Waals surface area contributed by atoms with Crippen molar-refractivity contribution in [2.24, 2.45) is 11.3 Å². The monoisotopic (exact) mass is 607 g/mol. The SMILES string of the molecule is C=C(OCCN1CCCC1)N1C[C@@H]2C[C@@H](NC3CCOCC3OC)C[C@]2(C(=O)N2CCc3ncc(C(F)(F)F)cc3C2)C1. The molecule has 2 unspecified atom stereocenters. The van der Waals surface area contributed by atoms with E-state index in [0.717, 1.165) is 44.7 Å². The number of carbonyl (C=O) groups excluding carboxylic acids is 1. The zero-order valence-corrected chi connectivity index (χ0v) is 25.0. The summed E-state index contributed by atoms with van der Waals surface area (Å²) in [6, 6.07) is 1.42. The third-order valence-electron chi connectivity index (χ3n) is 10.2. The van der Waals surface area contributed by atoms with E-state index < -0.39 is 17.2 Å². The lowest BCUT2D eigenvalue weighted by atomic mass is 9.78. The molecule has 1 aliphatic carbocycles. The minimum absolute atomic E-state index is 0.00694. The van der Waals surface area contributed by atoms with Crippen molar-refractivity contribution in [1.29, 1.82) is 0 Å². The van der Waals surface area contributed by atoms with E-state index in [9.17, 15) is 18.0 Å². The fraction of sp³-hybridized carbons (Fsp3) is 0.742. The summed E-state index contributed by atoms with van der Waals surface area (Å²) in [5, 5.41) is 3.79. The predicted octanol–water partition coefficient (Wildman–Crippen LogP) is 3.04. The van der Waals surface area contributed by atoms with Gasteiger partial charge in [0.25, 0.3) is 0 Å². The highest BCUT2D eigenvalue weighted by molar-refractivity contribution is 5.84. The molecular weight excluding hydrogens is 563 g/mol. The summed E-state index contributed by atoms with van der Waals surface area (Å²) >= 11 is 0. The Labute approximate surface area is 251 Å². The van der Waals surface area contributed by atoms with Crippen molar-refractivity contribution in [1.82, 2.24) is 25.0 Å². The Morgan fingerprint density at radius 3 is 2.84 bits per heavy atom. The lowest BCUT2D eigenvalue weighted by Crippen LogP contribution is -2.52. The molecule has 1 aromatic heterocycles. The second kappa shape index (κ2) is 12.5. The number of hydrogen-bond donors (Lipinski definition) is 1. The Morgan fingerprint density at radius 1 is 1.26 bits per heavy atom. The quantitative estimate of drug-likeness (QED) is 0.430. The molecule has 0 aromatic carbocycles. The van der Waals surface area contributed by atoms with E-state index >= 15 is 0 Å². The highest BCUT2D eigenvalue weighted by Gasteiger charge is 2.59. The Morgan fingerprint density at radius 2 is 2.07 bits per heavy atom. The van der Waals surface area contributed by atoms with E-state index in [1.54, 1.807) is 12.0 Å². The first-order valence-corrected chi connectivity index (χ1v) is 15.7. The number of aromatic nitrogens is 1. The van der Waals surface area contributed by atoms with Crippen LogP contribution < -0.4 is 5.32 Å². The molecule has 6 rings (SSSR count). The van der Waals surface area contributed by atoms with Gasteiger partial charge in [-0.25, -0.2) is 0 Å². The van der Waals surface area contributed by atoms with Gasteiger partial charge in [0.15, 0.2) is 5.88 Å². The number of halogens is 3. The zero-order chi connectivity index (χ0) is 30.2. The minimum Gasteiger partial charge on any atom is -0.478 e. The molecule has 0 spiro atoms. The van der Waals surface area contributed by atoms with Gasteiger partial charge in [0, 0.05) is 76.8 Å². The number of likely N-dealkylation sites (tertiary alicyclic amines) is 2. The average molecular weight is 608 g/mol. The van der Waals surface area contributed by atoms with E-state index in [4.69, 9.17) is 14.2 Å². The number of pyridine rings is 1. The Balaban J connectivity index is 1.18. The van der Waals surface area contributed by atoms with Gasteiger partial charge >= 0.3 is 6.18 Å². The highest BCUT2D eigenvalue weighted by atomic mass is 19.4. The normalized spacial score (nSPS) is 31.3. The molecule has 0 bridgehead atoms. The summed E-state index contributed by atoms with van der Waals surface area (Å²) < 4.78 is 57.7. The molecule has 0 radical (unpaired) electrons. The molecule has 9 nitrogen and oxygen atoms in total. The Kier molecular flexibility index (Phi) is 8.92. The van der Waals surface area contributed by atoms with Gasteiger partial charge in [0.2, 0.25) is 5.91 Å². The van der Waals surface area contributed by atoms with Gasteiger partial charge in [-0.3, -0.25) is 14.7 Å². The minimum atomic E-state index is -4.48. The largest absolute Gasteiger partial charge is 0.478 e. The number of ether oxygens (including phenoxy) is 3. The number of nitrogens with zero attached hydrogens (tertiary/aromatic N) is 4. The fourth-order valence-electron chi connectivity index (χ4n) is 7.92. The third-order valence-corrected chi connectivity index (χ3v) is 10.2. The van der Waals surface area contributed by atoms with Crippen LogP contribution in [-0.4, -0.2) is 110 Å². The van der Waals surface area contributed by atoms with Crippen molar-refractivity contribution in [2.75, 3.05) is 66.2 Å². The van der Waals surface area contributed by atoms with Crippen LogP contribution in [0.2, 0.25) is 0 Å². The number of nitrogens with one attached hydrogen (secondary N) is 1. The van der Waals surface area contributed by atoms with Crippen molar-refractivity contribution in [3.05, 3.63) is 41.5 Å². The van der Waals surface area contributed by atoms with Crippen LogP contribution in [0.15, 0.2) is 24.7 Å². The van der Waals surface area contributed by atoms with Gasteiger partial charge < -0.3 is 29.3 Å². The molecule has 4 fully saturated rings. The second-order valence-electron chi connectivity index (χ2n) is 12.9. The van der Waals surface area contributed by atoms with Crippen molar-refractivity contribution in [2.45, 2.75) is 69.4 Å². The molecular formula is C31H44F3N5O4. The summed E-state index contributed by atoms with van der Waals surface area (Å²) in [5.74, 6) is 0.669. The average Bonchev–Trinajstić information content (AvgIpc) is 3.72. The molecule has 1 saturated carbocycles. The number of alkyl halides is 3. The maximum Gasteiger partial charge on any atom is 0.417 e. The van der Waals surface area contributed by atoms with Crippen LogP contribution in [0, 0.1) is 11.3 Å². The highest BCUT2D eigenvalue weighted by Crippen LogP contribution is 2.51. The predicted molar refractivity (Wildman–Crippen MR) is 153 cm³/mol. The lowest BCUT2D eigenvalue weighted by Gasteiger charge is -2.38. The van der Waals surface area contributed by atoms with Gasteiger partial charge in [-0.05, 0) is 69.3 Å². The number of fused-ring (bicyclic) bond motifs is 2. The molecule has 5 atom stereocenters. The summed E-state index contributed by atoms with van der Waals surface area (Å²) in [6.07, 6.45) is 1.56. The lowest BCUT2D eigenvalue weighted by molar-refractivity contribution is -0.144. The first kappa shape index (κ1) is 30.6. The molecule has 238 valence electrons. The third kappa shape index (κ3) is 6.39. The number of rotatable bonds is 9. The fourth-order valence-corrected chi connectivity index (χ4v) is 7.92. The summed E-state index contributed by atoms with van der Waals surface area (Å²) in [6.45, 7) is 10.8. The van der Waals surface area contributed by atoms with E-state index in [0.29, 0.717) is 69.4 Å². The van der Waals surface area contributed by atoms with Crippen molar-refractivity contribution >= 4 is 5.91 Å². The molecule has 12 heteroatoms. The molecule has 3 saturated heterocycles. The van der Waals surface area contributed by atoms with Gasteiger partial charge in [-0.2, -0.15) is 13.2 Å². The summed E-state index contributed by atoms with van der Waals surface area (Å²) in [7, 11) is 1.70. The van der Waals surface area contributed by atoms with Gasteiger partial charge in [0.05, 0.1) is 23.7 Å². The van der Waals surface area contributed by atoms with Crippen molar-refractivity contribution in [3.8, 4) is 0 Å². The molecule has 5 heterocycles. The van der Waals surface area contributed by atoms with Gasteiger partial charge in [-0.15, -0.1) is 0 Å². The van der Waals surface area contributed by atoms with Crippen LogP contribution in [0.25, 0.3) is 0 Å². The smallest absolute Gasteiger partial charge is 0.417 e. The summed E-state index contributed by atoms with van der Waals surface area (Å²) in [5.41, 5.74) is -0.348. The molecule has 1 amide bonds. The number of hydrogen-bond acceptors (Lipinski definition) is 8. The van der Waals surface area contributed by atoms with E-state index in [1.807, 2.05) is 0 Å². The first-order chi connectivity index (χ1) is 20.7.